The number of amides is 2. The molecule has 1 saturated heterocycles. The van der Waals surface area contributed by atoms with E-state index in [0.717, 1.165) is 22.1 Å². The van der Waals surface area contributed by atoms with Crippen molar-refractivity contribution in [3.63, 3.8) is 0 Å². The molecule has 2 N–H and O–H groups in total. The molecule has 0 radical (unpaired) electrons. The van der Waals surface area contributed by atoms with Crippen LogP contribution in [0, 0.1) is 6.92 Å². The summed E-state index contributed by atoms with van der Waals surface area (Å²) in [5, 5.41) is 11.7. The van der Waals surface area contributed by atoms with Crippen molar-refractivity contribution < 1.29 is 19.1 Å². The van der Waals surface area contributed by atoms with Crippen LogP contribution in [0.15, 0.2) is 72.8 Å². The third-order valence-corrected chi connectivity index (χ3v) is 7.00. The number of nitrogens with zero attached hydrogens (tertiary/aromatic N) is 5. The van der Waals surface area contributed by atoms with Crippen molar-refractivity contribution in [2.75, 3.05) is 32.1 Å². The number of carbonyl (C=O) groups is 2. The van der Waals surface area contributed by atoms with E-state index in [1.807, 2.05) is 79.7 Å². The molecule has 1 atom stereocenters. The molecule has 5 aromatic rings. The number of nitrogens with one attached hydrogen (secondary N) is 2. The van der Waals surface area contributed by atoms with Gasteiger partial charge in [0.1, 0.15) is 18.4 Å². The van der Waals surface area contributed by atoms with Crippen LogP contribution >= 0.6 is 0 Å². The number of hydrogen-bond donors (Lipinski definition) is 2. The molecule has 3 aromatic carbocycles. The first-order chi connectivity index (χ1) is 20.0. The molecular weight excluding hydrogens is 522 g/mol. The highest BCUT2D eigenvalue weighted by Gasteiger charge is 2.30. The van der Waals surface area contributed by atoms with E-state index in [1.165, 1.54) is 4.90 Å². The van der Waals surface area contributed by atoms with Crippen molar-refractivity contribution in [2.45, 2.75) is 19.6 Å². The monoisotopic (exact) mass is 551 g/mol. The van der Waals surface area contributed by atoms with Gasteiger partial charge in [0.2, 0.25) is 11.9 Å². The Hall–Kier alpha value is -5.19. The Kier molecular flexibility index (Phi) is 7.07. The maximum Gasteiger partial charge on any atom is 0.410 e. The Morgan fingerprint density at radius 2 is 1.90 bits per heavy atom. The molecule has 1 fully saturated rings. The summed E-state index contributed by atoms with van der Waals surface area (Å²) < 4.78 is 12.5. The van der Waals surface area contributed by atoms with Gasteiger partial charge in [-0.05, 0) is 36.2 Å². The Morgan fingerprint density at radius 3 is 2.73 bits per heavy atom. The number of hydrogen-bond acceptors (Lipinski definition) is 8. The second-order valence-corrected chi connectivity index (χ2v) is 9.78. The van der Waals surface area contributed by atoms with Crippen molar-refractivity contribution in [3.05, 3.63) is 83.9 Å². The molecule has 0 saturated carbocycles. The van der Waals surface area contributed by atoms with Gasteiger partial charge in [0.25, 0.3) is 0 Å². The quantitative estimate of drug-likeness (QED) is 0.327. The predicted molar refractivity (Wildman–Crippen MR) is 154 cm³/mol. The number of fused-ring (bicyclic) bond motifs is 3. The van der Waals surface area contributed by atoms with Crippen molar-refractivity contribution >= 4 is 34.5 Å². The summed E-state index contributed by atoms with van der Waals surface area (Å²) in [6.07, 6.45) is -0.495. The molecule has 2 aromatic heterocycles. The maximum atomic E-state index is 13.1. The normalized spacial score (nSPS) is 15.4. The summed E-state index contributed by atoms with van der Waals surface area (Å²) in [6.45, 7) is 2.86. The van der Waals surface area contributed by atoms with Gasteiger partial charge in [0.15, 0.2) is 11.5 Å². The highest BCUT2D eigenvalue weighted by atomic mass is 16.6. The lowest BCUT2D eigenvalue weighted by atomic mass is 10.1. The minimum absolute atomic E-state index is 0.0892. The van der Waals surface area contributed by atoms with E-state index in [0.29, 0.717) is 41.8 Å². The summed E-state index contributed by atoms with van der Waals surface area (Å²) >= 11 is 0. The van der Waals surface area contributed by atoms with Gasteiger partial charge in [-0.25, -0.2) is 14.8 Å². The molecule has 1 aliphatic rings. The van der Waals surface area contributed by atoms with Crippen LogP contribution in [-0.4, -0.2) is 69.3 Å². The number of rotatable bonds is 6. The lowest BCUT2D eigenvalue weighted by molar-refractivity contribution is -0.121. The molecule has 0 unspecified atom stereocenters. The predicted octanol–water partition coefficient (Wildman–Crippen LogP) is 3.81. The van der Waals surface area contributed by atoms with E-state index in [-0.39, 0.29) is 19.1 Å². The van der Waals surface area contributed by atoms with E-state index in [2.05, 4.69) is 10.6 Å². The second-order valence-electron chi connectivity index (χ2n) is 9.78. The average molecular weight is 552 g/mol. The number of benzene rings is 3. The van der Waals surface area contributed by atoms with Gasteiger partial charge >= 0.3 is 6.09 Å². The summed E-state index contributed by atoms with van der Waals surface area (Å²) in [5.74, 6) is 1.25. The molecule has 0 aliphatic carbocycles. The third kappa shape index (κ3) is 5.33. The van der Waals surface area contributed by atoms with Crippen molar-refractivity contribution in [3.8, 4) is 17.1 Å². The van der Waals surface area contributed by atoms with Crippen LogP contribution in [0.4, 0.5) is 10.7 Å². The van der Waals surface area contributed by atoms with E-state index in [4.69, 9.17) is 24.5 Å². The van der Waals surface area contributed by atoms with Crippen LogP contribution in [0.1, 0.15) is 11.1 Å². The van der Waals surface area contributed by atoms with E-state index in [9.17, 15) is 9.59 Å². The molecule has 0 bridgehead atoms. The first-order valence-electron chi connectivity index (χ1n) is 13.3. The minimum Gasteiger partial charge on any atom is -0.497 e. The molecule has 208 valence electrons. The van der Waals surface area contributed by atoms with Gasteiger partial charge in [-0.1, -0.05) is 54.6 Å². The molecule has 11 heteroatoms. The zero-order valence-electron chi connectivity index (χ0n) is 22.7. The molecule has 6 rings (SSSR count). The fourth-order valence-corrected chi connectivity index (χ4v) is 4.87. The number of aromatic nitrogens is 4. The van der Waals surface area contributed by atoms with E-state index < -0.39 is 12.1 Å². The Labute approximate surface area is 236 Å². The third-order valence-electron chi connectivity index (χ3n) is 7.00. The molecule has 41 heavy (non-hydrogen) atoms. The van der Waals surface area contributed by atoms with Gasteiger partial charge in [-0.3, -0.25) is 4.79 Å². The van der Waals surface area contributed by atoms with Crippen LogP contribution in [0.2, 0.25) is 0 Å². The summed E-state index contributed by atoms with van der Waals surface area (Å²) in [4.78, 5) is 37.2. The molecule has 1 aliphatic heterocycles. The molecule has 11 nitrogen and oxygen atoms in total. The number of aryl methyl sites for hydroxylation is 1. The van der Waals surface area contributed by atoms with Crippen LogP contribution in [-0.2, 0) is 16.1 Å². The van der Waals surface area contributed by atoms with Crippen LogP contribution in [0.3, 0.4) is 0 Å². The number of methoxy groups -OCH3 is 1. The first-order valence-corrected chi connectivity index (χ1v) is 13.3. The largest absolute Gasteiger partial charge is 0.497 e. The summed E-state index contributed by atoms with van der Waals surface area (Å²) in [5.41, 5.74) is 3.96. The second kappa shape index (κ2) is 11.1. The van der Waals surface area contributed by atoms with E-state index >= 15 is 0 Å². The van der Waals surface area contributed by atoms with Crippen LogP contribution in [0.5, 0.6) is 5.75 Å². The van der Waals surface area contributed by atoms with Gasteiger partial charge in [0, 0.05) is 24.0 Å². The topological polar surface area (TPSA) is 123 Å². The number of anilines is 1. The smallest absolute Gasteiger partial charge is 0.410 e. The molecule has 2 amide bonds. The maximum absolute atomic E-state index is 13.1. The fraction of sp³-hybridized carbons (Fsp3) is 0.233. The lowest BCUT2D eigenvalue weighted by Crippen LogP contribution is -2.44. The Morgan fingerprint density at radius 1 is 1.07 bits per heavy atom. The molecule has 0 spiro atoms. The first kappa shape index (κ1) is 26.1. The van der Waals surface area contributed by atoms with Gasteiger partial charge in [-0.2, -0.15) is 4.52 Å². The number of carbonyl (C=O) groups excluding carboxylic acids is 2. The summed E-state index contributed by atoms with van der Waals surface area (Å²) in [6, 6.07) is 22.0. The van der Waals surface area contributed by atoms with Crippen molar-refractivity contribution in [2.24, 2.45) is 0 Å². The SMILES string of the molecule is COc1cccc(-c2nc3c4c(C)cccc4nc(N[C@@H]4CN(C(=O)OCc5ccccc5)CCNC4=O)n3n2)c1. The fourth-order valence-electron chi connectivity index (χ4n) is 4.87. The van der Waals surface area contributed by atoms with Gasteiger partial charge < -0.3 is 25.0 Å². The zero-order chi connectivity index (χ0) is 28.3. The van der Waals surface area contributed by atoms with Crippen LogP contribution in [0.25, 0.3) is 27.9 Å². The van der Waals surface area contributed by atoms with Gasteiger partial charge in [0.05, 0.1) is 19.2 Å². The highest BCUT2D eigenvalue weighted by Crippen LogP contribution is 2.28. The average Bonchev–Trinajstić information content (AvgIpc) is 3.37. The highest BCUT2D eigenvalue weighted by molar-refractivity contribution is 5.96. The standard InChI is InChI=1S/C30H29N7O4/c1-19-8-6-13-23-25(19)27-34-26(21-11-7-12-22(16-21)40-2)35-37(27)29(32-23)33-24-17-36(15-14-31-28(24)38)30(39)41-18-20-9-4-3-5-10-20/h3-13,16,24H,14-15,17-18H2,1-2H3,(H,31,38)(H,32,33)/t24-/m1/s1. The number of ether oxygens (including phenoxy) is 2. The van der Waals surface area contributed by atoms with Crippen LogP contribution < -0.4 is 15.4 Å². The summed E-state index contributed by atoms with van der Waals surface area (Å²) in [7, 11) is 1.61. The van der Waals surface area contributed by atoms with Crippen molar-refractivity contribution in [1.82, 2.24) is 29.8 Å². The Bertz CT molecular complexity index is 1740. The van der Waals surface area contributed by atoms with Crippen molar-refractivity contribution in [1.29, 1.82) is 0 Å². The zero-order valence-corrected chi connectivity index (χ0v) is 22.7. The molecular formula is C30H29N7O4. The Balaban J connectivity index is 1.33. The lowest BCUT2D eigenvalue weighted by Gasteiger charge is -2.23. The van der Waals surface area contributed by atoms with Gasteiger partial charge in [-0.15, -0.1) is 5.10 Å². The minimum atomic E-state index is -0.802. The van der Waals surface area contributed by atoms with E-state index in [1.54, 1.807) is 11.6 Å². The molecule has 3 heterocycles.